The van der Waals surface area contributed by atoms with Crippen molar-refractivity contribution in [3.63, 3.8) is 0 Å². The van der Waals surface area contributed by atoms with E-state index in [0.717, 1.165) is 12.8 Å². The molecule has 1 amide bonds. The minimum atomic E-state index is 0.0470. The van der Waals surface area contributed by atoms with E-state index in [2.05, 4.69) is 27.7 Å². The summed E-state index contributed by atoms with van der Waals surface area (Å²) in [6.07, 6.45) is 8.62. The van der Waals surface area contributed by atoms with Gasteiger partial charge in [0.2, 0.25) is 5.91 Å². The van der Waals surface area contributed by atoms with E-state index < -0.39 is 0 Å². The summed E-state index contributed by atoms with van der Waals surface area (Å²) in [5.41, 5.74) is 0. The van der Waals surface area contributed by atoms with Gasteiger partial charge in [-0.1, -0.05) is 12.2 Å². The molecule has 2 N–H and O–H groups in total. The monoisotopic (exact) mass is 191 g/mol. The zero-order valence-electron chi connectivity index (χ0n) is 7.86. The number of carbonyl (C=O) groups is 1. The number of hydrogen-bond donors (Lipinski definition) is 2. The third-order valence-corrected chi connectivity index (χ3v) is 2.33. The predicted octanol–water partition coefficient (Wildman–Crippen LogP) is 1.70. The van der Waals surface area contributed by atoms with Crippen molar-refractivity contribution >= 4 is 11.7 Å². The molecule has 0 bridgehead atoms. The zero-order chi connectivity index (χ0) is 9.80. The number of H-pyrrole nitrogens is 1. The van der Waals surface area contributed by atoms with E-state index >= 15 is 0 Å². The summed E-state index contributed by atoms with van der Waals surface area (Å²) < 4.78 is 0. The van der Waals surface area contributed by atoms with Gasteiger partial charge in [-0.2, -0.15) is 5.10 Å². The van der Waals surface area contributed by atoms with Gasteiger partial charge in [0.15, 0.2) is 0 Å². The maximum atomic E-state index is 11.5. The fourth-order valence-corrected chi connectivity index (χ4v) is 1.63. The molecule has 2 rings (SSSR count). The van der Waals surface area contributed by atoms with Gasteiger partial charge in [-0.3, -0.25) is 9.89 Å². The van der Waals surface area contributed by atoms with Gasteiger partial charge in [0.05, 0.1) is 6.20 Å². The molecule has 0 aliphatic heterocycles. The Labute approximate surface area is 82.4 Å². The molecule has 1 atom stereocenters. The molecule has 0 aromatic carbocycles. The first-order valence-corrected chi connectivity index (χ1v) is 4.80. The van der Waals surface area contributed by atoms with E-state index in [1.54, 1.807) is 12.3 Å². The molecule has 0 spiro atoms. The Kier molecular flexibility index (Phi) is 2.62. The Morgan fingerprint density at radius 1 is 1.71 bits per heavy atom. The summed E-state index contributed by atoms with van der Waals surface area (Å²) >= 11 is 0. The number of anilines is 1. The molecule has 0 saturated carbocycles. The van der Waals surface area contributed by atoms with Gasteiger partial charge in [-0.15, -0.1) is 0 Å². The molecule has 74 valence electrons. The van der Waals surface area contributed by atoms with Crippen LogP contribution in [0.25, 0.3) is 0 Å². The molecule has 1 heterocycles. The lowest BCUT2D eigenvalue weighted by molar-refractivity contribution is -0.116. The molecule has 1 aliphatic rings. The average Bonchev–Trinajstić information content (AvgIpc) is 2.76. The molecule has 1 aromatic rings. The topological polar surface area (TPSA) is 57.8 Å². The highest BCUT2D eigenvalue weighted by Gasteiger charge is 2.13. The van der Waals surface area contributed by atoms with Crippen LogP contribution in [0.1, 0.15) is 19.3 Å². The van der Waals surface area contributed by atoms with Crippen LogP contribution in [0.4, 0.5) is 5.82 Å². The Bertz CT molecular complexity index is 329. The van der Waals surface area contributed by atoms with Crippen molar-refractivity contribution in [2.75, 3.05) is 5.32 Å². The van der Waals surface area contributed by atoms with E-state index in [9.17, 15) is 4.79 Å². The lowest BCUT2D eigenvalue weighted by atomic mass is 10.1. The van der Waals surface area contributed by atoms with Crippen molar-refractivity contribution in [1.29, 1.82) is 0 Å². The van der Waals surface area contributed by atoms with E-state index in [4.69, 9.17) is 0 Å². The molecule has 4 heteroatoms. The summed E-state index contributed by atoms with van der Waals surface area (Å²) in [4.78, 5) is 11.5. The maximum Gasteiger partial charge on any atom is 0.226 e. The number of hydrogen-bond acceptors (Lipinski definition) is 2. The SMILES string of the molecule is O=C(CC1C=CCC1)Nc1ccn[nH]1. The first-order valence-electron chi connectivity index (χ1n) is 4.80. The zero-order valence-corrected chi connectivity index (χ0v) is 7.86. The lowest BCUT2D eigenvalue weighted by Gasteiger charge is -2.06. The predicted molar refractivity (Wildman–Crippen MR) is 53.7 cm³/mol. The van der Waals surface area contributed by atoms with Gasteiger partial charge in [-0.25, -0.2) is 0 Å². The maximum absolute atomic E-state index is 11.5. The third kappa shape index (κ3) is 2.22. The molecular formula is C10H13N3O. The van der Waals surface area contributed by atoms with E-state index in [1.165, 1.54) is 0 Å². The fraction of sp³-hybridized carbons (Fsp3) is 0.400. The van der Waals surface area contributed by atoms with E-state index in [-0.39, 0.29) is 5.91 Å². The number of nitrogens with zero attached hydrogens (tertiary/aromatic N) is 1. The summed E-state index contributed by atoms with van der Waals surface area (Å²) in [6.45, 7) is 0. The minimum Gasteiger partial charge on any atom is -0.311 e. The van der Waals surface area contributed by atoms with Crippen molar-refractivity contribution < 1.29 is 4.79 Å². The normalized spacial score (nSPS) is 19.9. The number of carbonyl (C=O) groups excluding carboxylic acids is 1. The van der Waals surface area contributed by atoms with Gasteiger partial charge >= 0.3 is 0 Å². The number of amides is 1. The Hall–Kier alpha value is -1.58. The van der Waals surface area contributed by atoms with Crippen molar-refractivity contribution in [1.82, 2.24) is 10.2 Å². The summed E-state index contributed by atoms with van der Waals surface area (Å²) in [5, 5.41) is 9.20. The Balaban J connectivity index is 1.81. The molecule has 0 saturated heterocycles. The van der Waals surface area contributed by atoms with Gasteiger partial charge in [0, 0.05) is 12.5 Å². The number of nitrogens with one attached hydrogen (secondary N) is 2. The van der Waals surface area contributed by atoms with Crippen molar-refractivity contribution in [3.8, 4) is 0 Å². The van der Waals surface area contributed by atoms with Gasteiger partial charge < -0.3 is 5.32 Å². The second kappa shape index (κ2) is 4.09. The van der Waals surface area contributed by atoms with Crippen LogP contribution in [0.5, 0.6) is 0 Å². The quantitative estimate of drug-likeness (QED) is 0.714. The molecule has 1 aliphatic carbocycles. The first-order chi connectivity index (χ1) is 6.84. The van der Waals surface area contributed by atoms with Crippen LogP contribution < -0.4 is 5.32 Å². The standard InChI is InChI=1S/C10H13N3O/c14-10(7-8-3-1-2-4-8)12-9-5-6-11-13-9/h1,3,5-6,8H,2,4,7H2,(H2,11,12,13,14). The summed E-state index contributed by atoms with van der Waals surface area (Å²) in [6, 6.07) is 1.74. The number of rotatable bonds is 3. The van der Waals surface area contributed by atoms with Gasteiger partial charge in [0.25, 0.3) is 0 Å². The average molecular weight is 191 g/mol. The van der Waals surface area contributed by atoms with E-state index in [0.29, 0.717) is 18.2 Å². The number of aromatic amines is 1. The Morgan fingerprint density at radius 3 is 3.29 bits per heavy atom. The van der Waals surface area contributed by atoms with Crippen molar-refractivity contribution in [3.05, 3.63) is 24.4 Å². The summed E-state index contributed by atoms with van der Waals surface area (Å²) in [5.74, 6) is 1.13. The fourth-order valence-electron chi connectivity index (χ4n) is 1.63. The number of aromatic nitrogens is 2. The third-order valence-electron chi connectivity index (χ3n) is 2.33. The van der Waals surface area contributed by atoms with Crippen LogP contribution in [0, 0.1) is 5.92 Å². The number of allylic oxidation sites excluding steroid dienone is 2. The molecule has 0 fully saturated rings. The highest BCUT2D eigenvalue weighted by atomic mass is 16.1. The molecule has 1 aromatic heterocycles. The highest BCUT2D eigenvalue weighted by molar-refractivity contribution is 5.89. The van der Waals surface area contributed by atoms with Crippen LogP contribution >= 0.6 is 0 Å². The second-order valence-corrected chi connectivity index (χ2v) is 3.49. The lowest BCUT2D eigenvalue weighted by Crippen LogP contribution is -2.14. The summed E-state index contributed by atoms with van der Waals surface area (Å²) in [7, 11) is 0. The van der Waals surface area contributed by atoms with Crippen LogP contribution in [0.3, 0.4) is 0 Å². The van der Waals surface area contributed by atoms with Crippen LogP contribution in [0.2, 0.25) is 0 Å². The molecule has 0 radical (unpaired) electrons. The smallest absolute Gasteiger partial charge is 0.226 e. The molecule has 1 unspecified atom stereocenters. The highest BCUT2D eigenvalue weighted by Crippen LogP contribution is 2.20. The molecule has 14 heavy (non-hydrogen) atoms. The largest absolute Gasteiger partial charge is 0.311 e. The van der Waals surface area contributed by atoms with Crippen molar-refractivity contribution in [2.45, 2.75) is 19.3 Å². The molecule has 4 nitrogen and oxygen atoms in total. The first kappa shape index (κ1) is 8.99. The van der Waals surface area contributed by atoms with Gasteiger partial charge in [0.1, 0.15) is 5.82 Å². The van der Waals surface area contributed by atoms with Crippen LogP contribution in [0.15, 0.2) is 24.4 Å². The Morgan fingerprint density at radius 2 is 2.64 bits per heavy atom. The molecular weight excluding hydrogens is 178 g/mol. The minimum absolute atomic E-state index is 0.0470. The van der Waals surface area contributed by atoms with Crippen LogP contribution in [-0.2, 0) is 4.79 Å². The van der Waals surface area contributed by atoms with Crippen molar-refractivity contribution in [2.24, 2.45) is 5.92 Å². The van der Waals surface area contributed by atoms with E-state index in [1.807, 2.05) is 0 Å². The van der Waals surface area contributed by atoms with Crippen LogP contribution in [-0.4, -0.2) is 16.1 Å². The second-order valence-electron chi connectivity index (χ2n) is 3.49. The van der Waals surface area contributed by atoms with Gasteiger partial charge in [-0.05, 0) is 18.8 Å².